The molecule has 0 bridgehead atoms. The molecule has 2 N–H and O–H groups in total. The van der Waals surface area contributed by atoms with Crippen LogP contribution in [-0.2, 0) is 0 Å². The third-order valence-electron chi connectivity index (χ3n) is 2.85. The lowest BCUT2D eigenvalue weighted by Crippen LogP contribution is -2.08. The van der Waals surface area contributed by atoms with Crippen LogP contribution in [0.3, 0.4) is 0 Å². The van der Waals surface area contributed by atoms with Crippen molar-refractivity contribution >= 4 is 15.9 Å². The number of hydrogen-bond donors (Lipinski definition) is 2. The van der Waals surface area contributed by atoms with Gasteiger partial charge in [0.05, 0.1) is 4.47 Å². The van der Waals surface area contributed by atoms with E-state index < -0.39 is 0 Å². The Morgan fingerprint density at radius 3 is 2.93 bits per heavy atom. The first-order valence-corrected chi connectivity index (χ1v) is 5.68. The van der Waals surface area contributed by atoms with Gasteiger partial charge in [0.2, 0.25) is 0 Å². The van der Waals surface area contributed by atoms with Crippen LogP contribution in [0.4, 0.5) is 0 Å². The van der Waals surface area contributed by atoms with E-state index >= 15 is 0 Å². The number of aryl methyl sites for hydroxylation is 1. The zero-order chi connectivity index (χ0) is 10.1. The fourth-order valence-electron chi connectivity index (χ4n) is 1.91. The number of benzene rings is 1. The van der Waals surface area contributed by atoms with E-state index in [9.17, 15) is 5.11 Å². The fraction of sp³-hybridized carbons (Fsp3) is 0.455. The molecule has 0 aromatic heterocycles. The quantitative estimate of drug-likeness (QED) is 0.809. The highest BCUT2D eigenvalue weighted by molar-refractivity contribution is 9.10. The summed E-state index contributed by atoms with van der Waals surface area (Å²) in [7, 11) is 0. The van der Waals surface area contributed by atoms with E-state index in [-0.39, 0.29) is 0 Å². The first-order chi connectivity index (χ1) is 6.70. The summed E-state index contributed by atoms with van der Waals surface area (Å²) in [6.07, 6.45) is 1.15. The topological polar surface area (TPSA) is 32.3 Å². The molecule has 2 nitrogen and oxygen atoms in total. The maximum atomic E-state index is 9.78. The summed E-state index contributed by atoms with van der Waals surface area (Å²) >= 11 is 3.46. The van der Waals surface area contributed by atoms with Gasteiger partial charge in [-0.05, 0) is 52.9 Å². The van der Waals surface area contributed by atoms with Crippen LogP contribution >= 0.6 is 15.9 Å². The molecule has 2 rings (SSSR count). The molecule has 1 aliphatic heterocycles. The van der Waals surface area contributed by atoms with Crippen molar-refractivity contribution in [3.63, 3.8) is 0 Å². The lowest BCUT2D eigenvalue weighted by molar-refractivity contribution is 0.466. The van der Waals surface area contributed by atoms with Gasteiger partial charge in [-0.1, -0.05) is 12.1 Å². The van der Waals surface area contributed by atoms with E-state index in [1.54, 1.807) is 0 Å². The van der Waals surface area contributed by atoms with Gasteiger partial charge in [-0.3, -0.25) is 0 Å². The van der Waals surface area contributed by atoms with Crippen LogP contribution in [0.2, 0.25) is 0 Å². The van der Waals surface area contributed by atoms with Gasteiger partial charge in [0.25, 0.3) is 0 Å². The summed E-state index contributed by atoms with van der Waals surface area (Å²) in [6, 6.07) is 4.09. The smallest absolute Gasteiger partial charge is 0.132 e. The number of halogens is 1. The largest absolute Gasteiger partial charge is 0.506 e. The molecule has 0 aliphatic carbocycles. The number of rotatable bonds is 1. The molecule has 1 fully saturated rings. The highest BCUT2D eigenvalue weighted by Crippen LogP contribution is 2.36. The summed E-state index contributed by atoms with van der Waals surface area (Å²) in [6.45, 7) is 4.00. The Balaban J connectivity index is 2.38. The van der Waals surface area contributed by atoms with E-state index in [1.807, 2.05) is 13.0 Å². The van der Waals surface area contributed by atoms with Crippen LogP contribution in [-0.4, -0.2) is 18.2 Å². The van der Waals surface area contributed by atoms with Gasteiger partial charge in [0, 0.05) is 6.54 Å². The number of hydrogen-bond acceptors (Lipinski definition) is 2. The second-order valence-corrected chi connectivity index (χ2v) is 4.62. The molecule has 1 aromatic carbocycles. The summed E-state index contributed by atoms with van der Waals surface area (Å²) in [5, 5.41) is 13.1. The molecule has 76 valence electrons. The summed E-state index contributed by atoms with van der Waals surface area (Å²) in [5.74, 6) is 0.922. The van der Waals surface area contributed by atoms with E-state index in [2.05, 4.69) is 27.3 Å². The van der Waals surface area contributed by atoms with Crippen LogP contribution in [0.25, 0.3) is 0 Å². The zero-order valence-corrected chi connectivity index (χ0v) is 9.76. The minimum Gasteiger partial charge on any atom is -0.506 e. The Labute approximate surface area is 92.5 Å². The van der Waals surface area contributed by atoms with Gasteiger partial charge >= 0.3 is 0 Å². The summed E-state index contributed by atoms with van der Waals surface area (Å²) in [5.41, 5.74) is 2.14. The number of phenols is 1. The second kappa shape index (κ2) is 3.91. The zero-order valence-electron chi connectivity index (χ0n) is 8.18. The fourth-order valence-corrected chi connectivity index (χ4v) is 2.68. The summed E-state index contributed by atoms with van der Waals surface area (Å²) in [4.78, 5) is 0. The molecule has 1 heterocycles. The maximum absolute atomic E-state index is 9.78. The van der Waals surface area contributed by atoms with Crippen molar-refractivity contribution in [3.8, 4) is 5.75 Å². The van der Waals surface area contributed by atoms with Crippen molar-refractivity contribution in [2.75, 3.05) is 13.1 Å². The third kappa shape index (κ3) is 1.66. The van der Waals surface area contributed by atoms with Gasteiger partial charge in [-0.25, -0.2) is 0 Å². The Bertz CT molecular complexity index is 345. The third-order valence-corrected chi connectivity index (χ3v) is 3.68. The molecule has 1 aromatic rings. The van der Waals surface area contributed by atoms with Crippen LogP contribution in [0.1, 0.15) is 23.5 Å². The predicted octanol–water partition coefficient (Wildman–Crippen LogP) is 2.54. The number of aromatic hydroxyl groups is 1. The molecular formula is C11H14BrNO. The van der Waals surface area contributed by atoms with Gasteiger partial charge in [0.1, 0.15) is 5.75 Å². The van der Waals surface area contributed by atoms with Gasteiger partial charge < -0.3 is 10.4 Å². The van der Waals surface area contributed by atoms with Crippen molar-refractivity contribution in [2.24, 2.45) is 0 Å². The van der Waals surface area contributed by atoms with E-state index in [0.29, 0.717) is 11.7 Å². The Morgan fingerprint density at radius 2 is 2.29 bits per heavy atom. The summed E-state index contributed by atoms with van der Waals surface area (Å²) < 4.78 is 0.867. The lowest BCUT2D eigenvalue weighted by atomic mass is 9.97. The average Bonchev–Trinajstić information content (AvgIpc) is 2.67. The molecule has 0 amide bonds. The predicted molar refractivity (Wildman–Crippen MR) is 60.8 cm³/mol. The molecule has 1 atom stereocenters. The molecule has 1 saturated heterocycles. The minimum atomic E-state index is 0.384. The molecule has 0 spiro atoms. The number of phenolic OH excluding ortho intramolecular Hbond substituents is 1. The molecule has 3 heteroatoms. The Hall–Kier alpha value is -0.540. The standard InChI is InChI=1S/C11H14BrNO/c1-7-2-3-9(10(12)11(7)14)8-4-5-13-6-8/h2-3,8,13-14H,4-6H2,1H3. The van der Waals surface area contributed by atoms with Gasteiger partial charge in [-0.2, -0.15) is 0 Å². The minimum absolute atomic E-state index is 0.384. The molecule has 0 radical (unpaired) electrons. The van der Waals surface area contributed by atoms with Crippen LogP contribution in [0, 0.1) is 6.92 Å². The molecule has 0 saturated carbocycles. The van der Waals surface area contributed by atoms with Crippen LogP contribution in [0.5, 0.6) is 5.75 Å². The van der Waals surface area contributed by atoms with Crippen LogP contribution < -0.4 is 5.32 Å². The first-order valence-electron chi connectivity index (χ1n) is 4.89. The normalized spacial score (nSPS) is 21.4. The van der Waals surface area contributed by atoms with E-state index in [1.165, 1.54) is 5.56 Å². The molecular weight excluding hydrogens is 242 g/mol. The van der Waals surface area contributed by atoms with Crippen molar-refractivity contribution < 1.29 is 5.11 Å². The highest BCUT2D eigenvalue weighted by Gasteiger charge is 2.20. The first kappa shape index (κ1) is 9.99. The van der Waals surface area contributed by atoms with E-state index in [4.69, 9.17) is 0 Å². The SMILES string of the molecule is Cc1ccc(C2CCNC2)c(Br)c1O. The second-order valence-electron chi connectivity index (χ2n) is 3.82. The monoisotopic (exact) mass is 255 g/mol. The Morgan fingerprint density at radius 1 is 1.50 bits per heavy atom. The van der Waals surface area contributed by atoms with E-state index in [0.717, 1.165) is 29.5 Å². The molecule has 1 aliphatic rings. The van der Waals surface area contributed by atoms with Gasteiger partial charge in [0.15, 0.2) is 0 Å². The van der Waals surface area contributed by atoms with Crippen LogP contribution in [0.15, 0.2) is 16.6 Å². The van der Waals surface area contributed by atoms with Gasteiger partial charge in [-0.15, -0.1) is 0 Å². The van der Waals surface area contributed by atoms with Crippen molar-refractivity contribution in [1.29, 1.82) is 0 Å². The Kier molecular flexibility index (Phi) is 2.79. The van der Waals surface area contributed by atoms with Crippen molar-refractivity contribution in [1.82, 2.24) is 5.32 Å². The number of nitrogens with one attached hydrogen (secondary N) is 1. The molecule has 1 unspecified atom stereocenters. The highest BCUT2D eigenvalue weighted by atomic mass is 79.9. The molecule has 14 heavy (non-hydrogen) atoms. The average molecular weight is 256 g/mol. The lowest BCUT2D eigenvalue weighted by Gasteiger charge is -2.13. The van der Waals surface area contributed by atoms with Crippen molar-refractivity contribution in [2.45, 2.75) is 19.3 Å². The maximum Gasteiger partial charge on any atom is 0.132 e. The van der Waals surface area contributed by atoms with Crippen molar-refractivity contribution in [3.05, 3.63) is 27.7 Å².